The maximum Gasteiger partial charge on any atom is 0.316 e. The molecule has 0 saturated carbocycles. The first-order valence-electron chi connectivity index (χ1n) is 6.60. The summed E-state index contributed by atoms with van der Waals surface area (Å²) in [5, 5.41) is 4.52. The number of nitrogens with one attached hydrogen (secondary N) is 1. The number of carbonyl (C=O) groups is 1. The zero-order chi connectivity index (χ0) is 14.8. The number of ether oxygens (including phenoxy) is 1. The third kappa shape index (κ3) is 3.11. The van der Waals surface area contributed by atoms with Gasteiger partial charge in [-0.1, -0.05) is 18.2 Å². The van der Waals surface area contributed by atoms with E-state index >= 15 is 0 Å². The van der Waals surface area contributed by atoms with Crippen molar-refractivity contribution in [1.29, 1.82) is 0 Å². The molecule has 21 heavy (non-hydrogen) atoms. The monoisotopic (exact) mass is 318 g/mol. The van der Waals surface area contributed by atoms with E-state index in [9.17, 15) is 4.79 Å². The van der Waals surface area contributed by atoms with Crippen molar-refractivity contribution in [3.8, 4) is 0 Å². The minimum absolute atomic E-state index is 0.260. The van der Waals surface area contributed by atoms with Crippen LogP contribution in [-0.4, -0.2) is 23.3 Å². The van der Waals surface area contributed by atoms with Gasteiger partial charge >= 0.3 is 5.97 Å². The second-order valence-electron chi connectivity index (χ2n) is 4.85. The Morgan fingerprint density at radius 3 is 3.10 bits per heavy atom. The second-order valence-corrected chi connectivity index (χ2v) is 6.41. The van der Waals surface area contributed by atoms with E-state index in [-0.39, 0.29) is 11.9 Å². The fourth-order valence-electron chi connectivity index (χ4n) is 2.22. The molecular formula is C15H14N2O2S2. The minimum Gasteiger partial charge on any atom is -0.459 e. The van der Waals surface area contributed by atoms with Crippen LogP contribution < -0.4 is 5.32 Å². The normalized spacial score (nSPS) is 18.2. The van der Waals surface area contributed by atoms with Gasteiger partial charge in [0, 0.05) is 21.8 Å². The zero-order valence-corrected chi connectivity index (χ0v) is 13.1. The lowest BCUT2D eigenvalue weighted by molar-refractivity contribution is -0.147. The van der Waals surface area contributed by atoms with Gasteiger partial charge in [-0.25, -0.2) is 4.99 Å². The summed E-state index contributed by atoms with van der Waals surface area (Å²) in [6.07, 6.45) is 0. The predicted octanol–water partition coefficient (Wildman–Crippen LogP) is 2.91. The number of esters is 1. The molecule has 0 bridgehead atoms. The predicted molar refractivity (Wildman–Crippen MR) is 88.8 cm³/mol. The number of hydrogen-bond donors (Lipinski definition) is 1. The molecule has 1 aromatic carbocycles. The van der Waals surface area contributed by atoms with Gasteiger partial charge in [-0.05, 0) is 36.7 Å². The summed E-state index contributed by atoms with van der Waals surface area (Å²) < 4.78 is 6.61. The van der Waals surface area contributed by atoms with E-state index in [2.05, 4.69) is 28.5 Å². The van der Waals surface area contributed by atoms with Crippen molar-refractivity contribution in [2.24, 2.45) is 10.9 Å². The van der Waals surface area contributed by atoms with Gasteiger partial charge in [-0.3, -0.25) is 4.79 Å². The number of thiophene rings is 1. The van der Waals surface area contributed by atoms with Crippen molar-refractivity contribution < 1.29 is 9.53 Å². The molecule has 2 heterocycles. The maximum atomic E-state index is 12.1. The minimum atomic E-state index is -0.355. The summed E-state index contributed by atoms with van der Waals surface area (Å²) in [7, 11) is 0. The molecule has 4 nitrogen and oxygen atoms in total. The van der Waals surface area contributed by atoms with E-state index in [0.29, 0.717) is 24.0 Å². The molecule has 1 unspecified atom stereocenters. The Hall–Kier alpha value is -1.79. The number of rotatable bonds is 3. The van der Waals surface area contributed by atoms with Gasteiger partial charge in [0.25, 0.3) is 0 Å². The van der Waals surface area contributed by atoms with Crippen LogP contribution in [0.15, 0.2) is 35.3 Å². The molecule has 1 atom stereocenters. The fraction of sp³-hybridized carbons (Fsp3) is 0.267. The number of fused-ring (bicyclic) bond motifs is 1. The van der Waals surface area contributed by atoms with Crippen molar-refractivity contribution in [3.63, 3.8) is 0 Å². The number of carbonyl (C=O) groups excluding carboxylic acids is 1. The molecule has 2 aromatic rings. The van der Waals surface area contributed by atoms with Crippen LogP contribution in [0.4, 0.5) is 0 Å². The number of benzene rings is 1. The van der Waals surface area contributed by atoms with Crippen LogP contribution >= 0.6 is 23.6 Å². The number of aliphatic imine (C=N–C) groups is 1. The molecule has 6 heteroatoms. The highest BCUT2D eigenvalue weighted by molar-refractivity contribution is 7.80. The highest BCUT2D eigenvalue weighted by atomic mass is 32.1. The van der Waals surface area contributed by atoms with Crippen LogP contribution in [0.1, 0.15) is 11.8 Å². The standard InChI is InChI=1S/C15H14N2O2S2/c1-9-12(7-16-15(20)17-9)14(18)19-8-11-6-10-4-2-3-5-13(10)21-11/h2-6,12H,7-8H2,1H3,(H,16,20). The van der Waals surface area contributed by atoms with E-state index in [1.54, 1.807) is 18.3 Å². The number of thiocarbonyl (C=S) groups is 1. The second kappa shape index (κ2) is 5.91. The van der Waals surface area contributed by atoms with Crippen LogP contribution in [0.3, 0.4) is 0 Å². The summed E-state index contributed by atoms with van der Waals surface area (Å²) in [6, 6.07) is 10.2. The maximum absolute atomic E-state index is 12.1. The SMILES string of the molecule is CC1=NC(=S)NCC1C(=O)OCc1cc2ccccc2s1. The fourth-order valence-corrected chi connectivity index (χ4v) is 3.42. The van der Waals surface area contributed by atoms with E-state index in [0.717, 1.165) is 4.88 Å². The van der Waals surface area contributed by atoms with E-state index < -0.39 is 0 Å². The smallest absolute Gasteiger partial charge is 0.316 e. The molecule has 1 aromatic heterocycles. The summed E-state index contributed by atoms with van der Waals surface area (Å²) in [4.78, 5) is 17.3. The van der Waals surface area contributed by atoms with Gasteiger partial charge in [0.1, 0.15) is 12.5 Å². The molecule has 1 aliphatic heterocycles. The Labute approximate surface area is 131 Å². The Bertz CT molecular complexity index is 703. The first kappa shape index (κ1) is 14.2. The molecule has 0 spiro atoms. The van der Waals surface area contributed by atoms with E-state index in [1.165, 1.54) is 10.1 Å². The summed E-state index contributed by atoms with van der Waals surface area (Å²) >= 11 is 6.59. The molecule has 1 N–H and O–H groups in total. The van der Waals surface area contributed by atoms with Gasteiger partial charge in [0.05, 0.1) is 0 Å². The highest BCUT2D eigenvalue weighted by Crippen LogP contribution is 2.26. The van der Waals surface area contributed by atoms with Crippen molar-refractivity contribution >= 4 is 50.4 Å². The van der Waals surface area contributed by atoms with Crippen molar-refractivity contribution in [1.82, 2.24) is 5.32 Å². The van der Waals surface area contributed by atoms with Crippen LogP contribution in [-0.2, 0) is 16.1 Å². The average Bonchev–Trinajstić information content (AvgIpc) is 2.87. The molecule has 0 fully saturated rings. The topological polar surface area (TPSA) is 50.7 Å². The summed E-state index contributed by atoms with van der Waals surface area (Å²) in [5.41, 5.74) is 0.708. The van der Waals surface area contributed by atoms with E-state index in [4.69, 9.17) is 17.0 Å². The van der Waals surface area contributed by atoms with Crippen molar-refractivity contribution in [3.05, 3.63) is 35.2 Å². The third-order valence-corrected chi connectivity index (χ3v) is 4.68. The molecule has 0 saturated heterocycles. The van der Waals surface area contributed by atoms with Gasteiger partial charge in [-0.2, -0.15) is 0 Å². The third-order valence-electron chi connectivity index (χ3n) is 3.36. The largest absolute Gasteiger partial charge is 0.459 e. The molecule has 0 aliphatic carbocycles. The highest BCUT2D eigenvalue weighted by Gasteiger charge is 2.26. The van der Waals surface area contributed by atoms with Crippen LogP contribution in [0, 0.1) is 5.92 Å². The van der Waals surface area contributed by atoms with E-state index in [1.807, 2.05) is 12.1 Å². The molecule has 0 amide bonds. The number of hydrogen-bond acceptors (Lipinski definition) is 4. The lowest BCUT2D eigenvalue weighted by Gasteiger charge is -2.20. The number of nitrogens with zero attached hydrogens (tertiary/aromatic N) is 1. The molecule has 1 aliphatic rings. The van der Waals surface area contributed by atoms with Gasteiger partial charge in [-0.15, -0.1) is 11.3 Å². The van der Waals surface area contributed by atoms with Crippen LogP contribution in [0.5, 0.6) is 0 Å². The average molecular weight is 318 g/mol. The lowest BCUT2D eigenvalue weighted by Crippen LogP contribution is -2.41. The van der Waals surface area contributed by atoms with Crippen molar-refractivity contribution in [2.45, 2.75) is 13.5 Å². The first-order chi connectivity index (χ1) is 10.1. The van der Waals surface area contributed by atoms with Gasteiger partial charge in [0.15, 0.2) is 5.11 Å². The van der Waals surface area contributed by atoms with Gasteiger partial charge in [0.2, 0.25) is 0 Å². The molecule has 0 radical (unpaired) electrons. The Morgan fingerprint density at radius 1 is 1.52 bits per heavy atom. The summed E-state index contributed by atoms with van der Waals surface area (Å²) in [6.45, 7) is 2.56. The molecular weight excluding hydrogens is 304 g/mol. The molecule has 108 valence electrons. The van der Waals surface area contributed by atoms with Crippen LogP contribution in [0.25, 0.3) is 10.1 Å². The Morgan fingerprint density at radius 2 is 2.33 bits per heavy atom. The lowest BCUT2D eigenvalue weighted by atomic mass is 10.0. The first-order valence-corrected chi connectivity index (χ1v) is 7.83. The quantitative estimate of drug-likeness (QED) is 0.698. The Kier molecular flexibility index (Phi) is 3.98. The van der Waals surface area contributed by atoms with Crippen molar-refractivity contribution in [2.75, 3.05) is 6.54 Å². The Balaban J connectivity index is 1.66. The van der Waals surface area contributed by atoms with Crippen LogP contribution in [0.2, 0.25) is 0 Å². The summed E-state index contributed by atoms with van der Waals surface area (Å²) in [5.74, 6) is -0.616. The zero-order valence-electron chi connectivity index (χ0n) is 11.5. The molecule has 3 rings (SSSR count). The van der Waals surface area contributed by atoms with Gasteiger partial charge < -0.3 is 10.1 Å².